The highest BCUT2D eigenvalue weighted by Crippen LogP contribution is 2.25. The highest BCUT2D eigenvalue weighted by atomic mass is 16.5. The van der Waals surface area contributed by atoms with E-state index in [0.29, 0.717) is 12.5 Å². The van der Waals surface area contributed by atoms with Crippen molar-refractivity contribution < 1.29 is 9.47 Å². The molecule has 0 amide bonds. The molecular weight excluding hydrogens is 370 g/mol. The molecule has 0 fully saturated rings. The average molecular weight is 404 g/mol. The topological polar surface area (TPSA) is 30.5 Å². The maximum atomic E-state index is 6.06. The summed E-state index contributed by atoms with van der Waals surface area (Å²) in [6, 6.07) is 27.0. The van der Waals surface area contributed by atoms with Gasteiger partial charge in [0, 0.05) is 6.54 Å². The second kappa shape index (κ2) is 11.9. The van der Waals surface area contributed by atoms with Crippen LogP contribution in [0, 0.1) is 5.92 Å². The van der Waals surface area contributed by atoms with Crippen LogP contribution < -0.4 is 14.8 Å². The van der Waals surface area contributed by atoms with Gasteiger partial charge in [0.05, 0.1) is 18.9 Å². The molecule has 0 spiro atoms. The van der Waals surface area contributed by atoms with Crippen LogP contribution in [0.4, 0.5) is 5.69 Å². The molecule has 0 unspecified atom stereocenters. The van der Waals surface area contributed by atoms with Crippen molar-refractivity contribution in [2.45, 2.75) is 39.7 Å². The predicted molar refractivity (Wildman–Crippen MR) is 125 cm³/mol. The summed E-state index contributed by atoms with van der Waals surface area (Å²) in [5.41, 5.74) is 3.56. The molecule has 0 atom stereocenters. The molecular formula is C27H33NO2. The lowest BCUT2D eigenvalue weighted by Gasteiger charge is -2.14. The van der Waals surface area contributed by atoms with E-state index in [0.717, 1.165) is 49.6 Å². The van der Waals surface area contributed by atoms with Gasteiger partial charge in [0.15, 0.2) is 0 Å². The fourth-order valence-corrected chi connectivity index (χ4v) is 3.20. The Balaban J connectivity index is 1.48. The van der Waals surface area contributed by atoms with Gasteiger partial charge in [-0.1, -0.05) is 68.4 Å². The quantitative estimate of drug-likeness (QED) is 0.340. The van der Waals surface area contributed by atoms with Crippen LogP contribution in [-0.2, 0) is 13.0 Å². The fourth-order valence-electron chi connectivity index (χ4n) is 3.20. The molecule has 0 aromatic heterocycles. The van der Waals surface area contributed by atoms with Gasteiger partial charge in [-0.3, -0.25) is 0 Å². The highest BCUT2D eigenvalue weighted by molar-refractivity contribution is 5.56. The molecule has 0 aliphatic rings. The largest absolute Gasteiger partial charge is 0.494 e. The van der Waals surface area contributed by atoms with E-state index >= 15 is 0 Å². The minimum Gasteiger partial charge on any atom is -0.494 e. The summed E-state index contributed by atoms with van der Waals surface area (Å²) in [5, 5.41) is 3.51. The van der Waals surface area contributed by atoms with Crippen LogP contribution in [0.15, 0.2) is 78.9 Å². The van der Waals surface area contributed by atoms with Crippen molar-refractivity contribution >= 4 is 5.69 Å². The molecule has 3 aromatic carbocycles. The zero-order valence-electron chi connectivity index (χ0n) is 18.1. The minimum atomic E-state index is 0.652. The molecule has 3 aromatic rings. The Morgan fingerprint density at radius 3 is 2.37 bits per heavy atom. The number of hydrogen-bond acceptors (Lipinski definition) is 3. The number of hydrogen-bond donors (Lipinski definition) is 1. The van der Waals surface area contributed by atoms with Gasteiger partial charge in [-0.05, 0) is 60.6 Å². The van der Waals surface area contributed by atoms with Crippen LogP contribution in [0.25, 0.3) is 0 Å². The van der Waals surface area contributed by atoms with Crippen LogP contribution in [-0.4, -0.2) is 13.2 Å². The van der Waals surface area contributed by atoms with E-state index in [2.05, 4.69) is 67.7 Å². The van der Waals surface area contributed by atoms with E-state index in [1.165, 1.54) is 11.1 Å². The van der Waals surface area contributed by atoms with Crippen molar-refractivity contribution in [3.05, 3.63) is 90.0 Å². The summed E-state index contributed by atoms with van der Waals surface area (Å²) in [5.74, 6) is 2.48. The van der Waals surface area contributed by atoms with Crippen LogP contribution in [0.3, 0.4) is 0 Å². The molecule has 0 bridgehead atoms. The van der Waals surface area contributed by atoms with Crippen molar-refractivity contribution in [1.82, 2.24) is 0 Å². The molecule has 0 radical (unpaired) electrons. The minimum absolute atomic E-state index is 0.652. The van der Waals surface area contributed by atoms with Gasteiger partial charge in [-0.2, -0.15) is 0 Å². The van der Waals surface area contributed by atoms with Crippen molar-refractivity contribution in [1.29, 1.82) is 0 Å². The summed E-state index contributed by atoms with van der Waals surface area (Å²) in [6.07, 6.45) is 3.09. The van der Waals surface area contributed by atoms with E-state index in [1.54, 1.807) is 0 Å². The van der Waals surface area contributed by atoms with Crippen molar-refractivity contribution in [3.63, 3.8) is 0 Å². The first-order valence-electron chi connectivity index (χ1n) is 10.9. The first-order valence-corrected chi connectivity index (χ1v) is 10.9. The number of anilines is 1. The zero-order chi connectivity index (χ0) is 21.0. The van der Waals surface area contributed by atoms with Gasteiger partial charge in [-0.15, -0.1) is 0 Å². The van der Waals surface area contributed by atoms with Gasteiger partial charge in [0.1, 0.15) is 11.5 Å². The molecule has 3 rings (SSSR count). The van der Waals surface area contributed by atoms with Crippen LogP contribution in [0.1, 0.15) is 37.8 Å². The Labute approximate surface area is 181 Å². The second-order valence-electron chi connectivity index (χ2n) is 7.97. The molecule has 1 N–H and O–H groups in total. The zero-order valence-corrected chi connectivity index (χ0v) is 18.1. The van der Waals surface area contributed by atoms with Crippen molar-refractivity contribution in [3.8, 4) is 11.5 Å². The van der Waals surface area contributed by atoms with E-state index in [-0.39, 0.29) is 0 Å². The highest BCUT2D eigenvalue weighted by Gasteiger charge is 2.04. The summed E-state index contributed by atoms with van der Waals surface area (Å²) >= 11 is 0. The Hall–Kier alpha value is -2.94. The van der Waals surface area contributed by atoms with Crippen molar-refractivity contribution in [2.24, 2.45) is 5.92 Å². The maximum Gasteiger partial charge on any atom is 0.142 e. The maximum absolute atomic E-state index is 6.06. The summed E-state index contributed by atoms with van der Waals surface area (Å²) < 4.78 is 11.9. The molecule has 30 heavy (non-hydrogen) atoms. The van der Waals surface area contributed by atoms with Crippen molar-refractivity contribution in [2.75, 3.05) is 18.5 Å². The number of benzene rings is 3. The van der Waals surface area contributed by atoms with E-state index in [4.69, 9.17) is 9.47 Å². The first kappa shape index (κ1) is 21.8. The smallest absolute Gasteiger partial charge is 0.142 e. The summed E-state index contributed by atoms with van der Waals surface area (Å²) in [7, 11) is 0. The van der Waals surface area contributed by atoms with Gasteiger partial charge in [-0.25, -0.2) is 0 Å². The first-order chi connectivity index (χ1) is 14.7. The van der Waals surface area contributed by atoms with Crippen LogP contribution in [0.5, 0.6) is 11.5 Å². The number of ether oxygens (including phenoxy) is 2. The normalized spacial score (nSPS) is 10.8. The fraction of sp³-hybridized carbons (Fsp3) is 0.333. The summed E-state index contributed by atoms with van der Waals surface area (Å²) in [6.45, 7) is 6.61. The predicted octanol–water partition coefficient (Wildman–Crippen LogP) is 6.74. The van der Waals surface area contributed by atoms with Gasteiger partial charge >= 0.3 is 0 Å². The van der Waals surface area contributed by atoms with Crippen LogP contribution >= 0.6 is 0 Å². The van der Waals surface area contributed by atoms with E-state index in [1.807, 2.05) is 30.3 Å². The van der Waals surface area contributed by atoms with E-state index < -0.39 is 0 Å². The van der Waals surface area contributed by atoms with Gasteiger partial charge in [0.25, 0.3) is 0 Å². The molecule has 0 heterocycles. The monoisotopic (exact) mass is 403 g/mol. The number of nitrogens with one attached hydrogen (secondary N) is 1. The van der Waals surface area contributed by atoms with Crippen LogP contribution in [0.2, 0.25) is 0 Å². The van der Waals surface area contributed by atoms with E-state index in [9.17, 15) is 0 Å². The Morgan fingerprint density at radius 2 is 1.53 bits per heavy atom. The number of para-hydroxylation sites is 2. The Morgan fingerprint density at radius 1 is 0.767 bits per heavy atom. The third-order valence-corrected chi connectivity index (χ3v) is 4.94. The second-order valence-corrected chi connectivity index (χ2v) is 7.97. The van der Waals surface area contributed by atoms with Gasteiger partial charge in [0.2, 0.25) is 0 Å². The lowest BCUT2D eigenvalue weighted by molar-refractivity contribution is 0.289. The lowest BCUT2D eigenvalue weighted by Crippen LogP contribution is -2.05. The molecule has 0 saturated carbocycles. The third-order valence-electron chi connectivity index (χ3n) is 4.94. The average Bonchev–Trinajstić information content (AvgIpc) is 2.77. The molecule has 3 heteroatoms. The lowest BCUT2D eigenvalue weighted by atomic mass is 10.1. The Bertz CT molecular complexity index is 877. The summed E-state index contributed by atoms with van der Waals surface area (Å²) in [4.78, 5) is 0. The standard InChI is InChI=1S/C27H33NO2/c1-22(2)17-19-29-25-14-8-12-24(20-25)21-28-26-15-6-7-16-27(26)30-18-9-13-23-10-4-3-5-11-23/h3-8,10-12,14-16,20,22,28H,9,13,17-19,21H2,1-2H3. The molecule has 0 aliphatic carbocycles. The SMILES string of the molecule is CC(C)CCOc1cccc(CNc2ccccc2OCCCc2ccccc2)c1. The number of rotatable bonds is 12. The molecule has 3 nitrogen and oxygen atoms in total. The number of aryl methyl sites for hydroxylation is 1. The molecule has 0 saturated heterocycles. The van der Waals surface area contributed by atoms with Gasteiger partial charge < -0.3 is 14.8 Å². The Kier molecular flexibility index (Phi) is 8.64. The third kappa shape index (κ3) is 7.47. The molecule has 0 aliphatic heterocycles. The molecule has 158 valence electrons.